The number of carbonyl (C=O) groups is 4. The predicted molar refractivity (Wildman–Crippen MR) is 437 cm³/mol. The Hall–Kier alpha value is -10.8. The summed E-state index contributed by atoms with van der Waals surface area (Å²) in [6, 6.07) is 74.9. The number of imide groups is 2. The number of carbonyl (C=O) groups excluding carboxylic acids is 4. The van der Waals surface area contributed by atoms with Crippen molar-refractivity contribution >= 4 is 101 Å². The molecular formula is C96H89N3O6S. The molecule has 0 bridgehead atoms. The smallest absolute Gasteiger partial charge is 0.266 e. The van der Waals surface area contributed by atoms with Gasteiger partial charge in [-0.2, -0.15) is 0 Å². The van der Waals surface area contributed by atoms with E-state index in [-0.39, 0.29) is 39.4 Å². The summed E-state index contributed by atoms with van der Waals surface area (Å²) in [4.78, 5) is 70.1. The molecular weight excluding hydrogens is 1320 g/mol. The van der Waals surface area contributed by atoms with Gasteiger partial charge >= 0.3 is 0 Å². The lowest BCUT2D eigenvalue weighted by atomic mass is 9.80. The first-order valence-electron chi connectivity index (χ1n) is 37.4. The summed E-state index contributed by atoms with van der Waals surface area (Å²) in [6.45, 7) is 30.9. The molecule has 0 saturated carbocycles. The van der Waals surface area contributed by atoms with Gasteiger partial charge < -0.3 is 14.4 Å². The minimum Gasteiger partial charge on any atom is -0.457 e. The van der Waals surface area contributed by atoms with Crippen LogP contribution in [0.15, 0.2) is 228 Å². The highest BCUT2D eigenvalue weighted by atomic mass is 32.2. The van der Waals surface area contributed by atoms with Crippen LogP contribution in [-0.2, 0) is 21.7 Å². The number of benzene rings is 13. The van der Waals surface area contributed by atoms with Gasteiger partial charge in [-0.15, -0.1) is 0 Å². The van der Waals surface area contributed by atoms with E-state index in [2.05, 4.69) is 260 Å². The Labute approximate surface area is 626 Å². The molecule has 9 nitrogen and oxygen atoms in total. The summed E-state index contributed by atoms with van der Waals surface area (Å²) < 4.78 is 14.8. The average Bonchev–Trinajstić information content (AvgIpc) is 0.679. The second kappa shape index (κ2) is 26.1. The maximum Gasteiger partial charge on any atom is 0.266 e. The van der Waals surface area contributed by atoms with Crippen LogP contribution in [0.3, 0.4) is 0 Å². The van der Waals surface area contributed by atoms with Crippen molar-refractivity contribution < 1.29 is 28.7 Å². The molecule has 13 aromatic carbocycles. The van der Waals surface area contributed by atoms with E-state index >= 15 is 19.2 Å². The maximum absolute atomic E-state index is 16.0. The van der Waals surface area contributed by atoms with Crippen LogP contribution in [0.2, 0.25) is 0 Å². The summed E-state index contributed by atoms with van der Waals surface area (Å²) in [5.41, 5.74) is 15.0. The molecule has 106 heavy (non-hydrogen) atoms. The van der Waals surface area contributed by atoms with Gasteiger partial charge in [0.05, 0.1) is 28.2 Å². The van der Waals surface area contributed by atoms with Gasteiger partial charge in [-0.1, -0.05) is 249 Å². The Morgan fingerprint density at radius 3 is 1.09 bits per heavy atom. The SMILES string of the molecule is CCCCC(CC)CN1C(=O)c2ccc3c4c(Oc5cc(C(C)(C)C)cc(C(C)(C)C)c5)cc5c6c(ccc(c7c(Oc8cc(C(C)(C)C)cc(C(C)(C)C)c8)cc(c2c37)C1=O)c64)C(=O)N(c1ccc(-c2ccc(-c3ccc(-c4ccc(N6c7ccccc7Sc7ccccc76)cc4)cc3)cc2)cc1)C5=O. The zero-order valence-corrected chi connectivity index (χ0v) is 63.9. The van der Waals surface area contributed by atoms with Crippen molar-refractivity contribution in [2.75, 3.05) is 16.3 Å². The second-order valence-electron chi connectivity index (χ2n) is 33.3. The molecule has 0 radical (unpaired) electrons. The molecule has 3 aliphatic heterocycles. The lowest BCUT2D eigenvalue weighted by Crippen LogP contribution is -2.43. The van der Waals surface area contributed by atoms with E-state index < -0.39 is 11.8 Å². The van der Waals surface area contributed by atoms with Crippen molar-refractivity contribution in [3.63, 3.8) is 0 Å². The van der Waals surface area contributed by atoms with E-state index in [0.717, 1.165) is 87.0 Å². The molecule has 1 unspecified atom stereocenters. The number of hydrogen-bond donors (Lipinski definition) is 0. The van der Waals surface area contributed by atoms with E-state index in [0.29, 0.717) is 101 Å². The zero-order chi connectivity index (χ0) is 74.2. The Kier molecular flexibility index (Phi) is 17.1. The first-order valence-corrected chi connectivity index (χ1v) is 38.2. The number of unbranched alkanes of at least 4 members (excludes halogenated alkanes) is 1. The van der Waals surface area contributed by atoms with Crippen LogP contribution in [0.5, 0.6) is 23.0 Å². The molecule has 4 amide bonds. The summed E-state index contributed by atoms with van der Waals surface area (Å²) in [5.74, 6) is 0.438. The summed E-state index contributed by atoms with van der Waals surface area (Å²) >= 11 is 1.81. The Morgan fingerprint density at radius 2 is 0.708 bits per heavy atom. The molecule has 3 heterocycles. The third-order valence-corrected chi connectivity index (χ3v) is 23.1. The molecule has 1 atom stereocenters. The van der Waals surface area contributed by atoms with Gasteiger partial charge in [0.2, 0.25) is 0 Å². The van der Waals surface area contributed by atoms with E-state index in [1.807, 2.05) is 72.4 Å². The largest absolute Gasteiger partial charge is 0.457 e. The number of amides is 4. The molecule has 0 fully saturated rings. The van der Waals surface area contributed by atoms with Crippen LogP contribution in [0, 0.1) is 5.92 Å². The van der Waals surface area contributed by atoms with Crippen molar-refractivity contribution in [1.29, 1.82) is 0 Å². The van der Waals surface area contributed by atoms with Gasteiger partial charge in [-0.3, -0.25) is 24.1 Å². The van der Waals surface area contributed by atoms with Crippen LogP contribution < -0.4 is 19.3 Å². The molecule has 0 N–H and O–H groups in total. The van der Waals surface area contributed by atoms with Gasteiger partial charge in [0, 0.05) is 65.5 Å². The number of hydrogen-bond acceptors (Lipinski definition) is 8. The minimum atomic E-state index is -0.499. The molecule has 0 aromatic heterocycles. The maximum atomic E-state index is 16.0. The van der Waals surface area contributed by atoms with Gasteiger partial charge in [0.1, 0.15) is 23.0 Å². The number of rotatable bonds is 15. The van der Waals surface area contributed by atoms with Crippen LogP contribution in [0.1, 0.15) is 186 Å². The number of nitrogens with zero attached hydrogens (tertiary/aromatic N) is 3. The number of ether oxygens (including phenoxy) is 2. The summed E-state index contributed by atoms with van der Waals surface area (Å²) in [5, 5.41) is 4.98. The molecule has 0 aliphatic carbocycles. The first-order chi connectivity index (χ1) is 50.6. The third kappa shape index (κ3) is 12.2. The minimum absolute atomic E-state index is 0.124. The van der Waals surface area contributed by atoms with Crippen molar-refractivity contribution in [2.24, 2.45) is 5.92 Å². The van der Waals surface area contributed by atoms with Crippen LogP contribution in [-0.4, -0.2) is 35.1 Å². The fraction of sp³-hybridized carbons (Fsp3) is 0.250. The van der Waals surface area contributed by atoms with Gasteiger partial charge in [0.15, 0.2) is 0 Å². The van der Waals surface area contributed by atoms with Gasteiger partial charge in [-0.25, -0.2) is 4.90 Å². The monoisotopic (exact) mass is 1410 g/mol. The topological polar surface area (TPSA) is 96.5 Å². The third-order valence-electron chi connectivity index (χ3n) is 22.0. The normalized spacial score (nSPS) is 14.3. The summed E-state index contributed by atoms with van der Waals surface area (Å²) in [6.07, 6.45) is 3.72. The van der Waals surface area contributed by atoms with Crippen molar-refractivity contribution in [1.82, 2.24) is 4.90 Å². The molecule has 0 spiro atoms. The van der Waals surface area contributed by atoms with Gasteiger partial charge in [0.25, 0.3) is 23.6 Å². The molecule has 0 saturated heterocycles. The van der Waals surface area contributed by atoms with Crippen LogP contribution >= 0.6 is 11.8 Å². The van der Waals surface area contributed by atoms with Crippen molar-refractivity contribution in [3.8, 4) is 56.4 Å². The number of para-hydroxylation sites is 2. The second-order valence-corrected chi connectivity index (χ2v) is 34.4. The zero-order valence-electron chi connectivity index (χ0n) is 63.1. The molecule has 3 aliphatic rings. The fourth-order valence-corrected chi connectivity index (χ4v) is 16.8. The highest BCUT2D eigenvalue weighted by molar-refractivity contribution is 7.99. The Balaban J connectivity index is 0.789. The summed E-state index contributed by atoms with van der Waals surface area (Å²) in [7, 11) is 0. The molecule has 16 rings (SSSR count). The highest BCUT2D eigenvalue weighted by Gasteiger charge is 2.41. The number of fused-ring (bicyclic) bond motifs is 4. The van der Waals surface area contributed by atoms with E-state index in [9.17, 15) is 0 Å². The standard InChI is InChI=1S/C96H89N3O6S/c1-15-17-22-56(16-2)55-97-89(100)73-45-43-71-86-80(105-70-51-65(95(9,10)11)48-66(52-70)96(12,13)14)54-76-84-74(46-44-72(88(84)86)85-79(53-75(90(97)101)83(73)87(71)85)104-69-49-63(93(3,4)5)47-64(50-69)94(6,7)8)91(102)99(92(76)103)68-41-37-62(38-42-68)60-33-29-58(30-34-60)57-27-31-59(32-28-57)61-35-39-67(40-36-61)98-77-23-18-20-25-81(77)106-82-26-21-19-24-78(82)98/h18-21,23-54,56H,15-17,22,55H2,1-14H3. The molecule has 13 aromatic rings. The van der Waals surface area contributed by atoms with Gasteiger partial charge in [-0.05, 0) is 197 Å². The molecule has 530 valence electrons. The highest BCUT2D eigenvalue weighted by Crippen LogP contribution is 2.55. The predicted octanol–water partition coefficient (Wildman–Crippen LogP) is 26.1. The first kappa shape index (κ1) is 69.6. The Bertz CT molecular complexity index is 5640. The van der Waals surface area contributed by atoms with Crippen LogP contribution in [0.4, 0.5) is 22.7 Å². The van der Waals surface area contributed by atoms with E-state index in [4.69, 9.17) is 9.47 Å². The lowest BCUT2D eigenvalue weighted by Gasteiger charge is -2.32. The van der Waals surface area contributed by atoms with Crippen molar-refractivity contribution in [3.05, 3.63) is 263 Å². The van der Waals surface area contributed by atoms with Crippen molar-refractivity contribution in [2.45, 2.75) is 154 Å². The molecule has 10 heteroatoms. The van der Waals surface area contributed by atoms with Crippen LogP contribution in [0.25, 0.3) is 76.5 Å². The average molecular weight is 1410 g/mol. The quantitative estimate of drug-likeness (QED) is 0.0569. The van der Waals surface area contributed by atoms with E-state index in [1.54, 1.807) is 0 Å². The number of anilines is 4. The fourth-order valence-electron chi connectivity index (χ4n) is 15.8. The lowest BCUT2D eigenvalue weighted by molar-refractivity contribution is 0.0579. The Morgan fingerprint density at radius 1 is 0.358 bits per heavy atom. The van der Waals surface area contributed by atoms with E-state index in [1.165, 1.54) is 31.0 Å².